The number of ketones is 1. The van der Waals surface area contributed by atoms with Gasteiger partial charge in [0.05, 0.1) is 4.92 Å². The van der Waals surface area contributed by atoms with Crippen molar-refractivity contribution in [1.29, 1.82) is 0 Å². The molecular weight excluding hydrogens is 370 g/mol. The Labute approximate surface area is 166 Å². The molecular formula is C22H17N3O4. The van der Waals surface area contributed by atoms with E-state index in [-0.39, 0.29) is 29.5 Å². The molecule has 1 atom stereocenters. The number of aromatic amines is 1. The highest BCUT2D eigenvalue weighted by atomic mass is 16.6. The summed E-state index contributed by atoms with van der Waals surface area (Å²) in [5.41, 5.74) is 2.65. The van der Waals surface area contributed by atoms with E-state index >= 15 is 0 Å². The number of benzene rings is 2. The molecule has 0 bridgehead atoms. The first kappa shape index (κ1) is 18.4. The fraction of sp³-hybridized carbons (Fsp3) is 0.0909. The first-order valence-electron chi connectivity index (χ1n) is 9.06. The molecule has 4 rings (SSSR count). The first-order valence-corrected chi connectivity index (χ1v) is 9.06. The molecule has 7 heteroatoms. The van der Waals surface area contributed by atoms with E-state index in [1.807, 2.05) is 30.5 Å². The third-order valence-electron chi connectivity index (χ3n) is 5.00. The van der Waals surface area contributed by atoms with E-state index in [0.717, 1.165) is 22.0 Å². The van der Waals surface area contributed by atoms with Gasteiger partial charge in [-0.15, -0.1) is 0 Å². The fourth-order valence-electron chi connectivity index (χ4n) is 3.55. The molecule has 7 nitrogen and oxygen atoms in total. The highest BCUT2D eigenvalue weighted by Crippen LogP contribution is 2.34. The number of fused-ring (bicyclic) bond motifs is 1. The predicted molar refractivity (Wildman–Crippen MR) is 108 cm³/mol. The molecule has 2 aromatic heterocycles. The van der Waals surface area contributed by atoms with E-state index in [4.69, 9.17) is 0 Å². The third kappa shape index (κ3) is 3.58. The molecule has 0 saturated heterocycles. The number of nitro benzene ring substituents is 1. The number of H-pyrrole nitrogens is 1. The summed E-state index contributed by atoms with van der Waals surface area (Å²) in [5.74, 6) is -0.658. The maximum atomic E-state index is 12.9. The molecule has 29 heavy (non-hydrogen) atoms. The summed E-state index contributed by atoms with van der Waals surface area (Å²) < 4.78 is 0.560. The van der Waals surface area contributed by atoms with Crippen LogP contribution in [0.2, 0.25) is 0 Å². The summed E-state index contributed by atoms with van der Waals surface area (Å²) in [7, 11) is 0. The number of hydrogen-bond donors (Lipinski definition) is 1. The number of carbonyl (C=O) groups excluding carboxylic acids is 1. The Balaban J connectivity index is 1.78. The minimum atomic E-state index is -0.458. The van der Waals surface area contributed by atoms with Gasteiger partial charge in [-0.2, -0.15) is 4.73 Å². The zero-order valence-electron chi connectivity index (χ0n) is 15.3. The fourth-order valence-corrected chi connectivity index (χ4v) is 3.55. The van der Waals surface area contributed by atoms with Crippen molar-refractivity contribution >= 4 is 22.4 Å². The number of Topliss-reactive ketones (excluding diaryl/α,β-unsaturated/α-hetero) is 1. The molecule has 0 fully saturated rings. The molecule has 2 aromatic carbocycles. The van der Waals surface area contributed by atoms with Gasteiger partial charge >= 0.3 is 0 Å². The first-order chi connectivity index (χ1) is 14.0. The minimum Gasteiger partial charge on any atom is -0.618 e. The van der Waals surface area contributed by atoms with Crippen LogP contribution in [0.4, 0.5) is 5.69 Å². The lowest BCUT2D eigenvalue weighted by Crippen LogP contribution is -2.34. The molecule has 0 unspecified atom stereocenters. The molecule has 4 aromatic rings. The van der Waals surface area contributed by atoms with Gasteiger partial charge in [-0.3, -0.25) is 14.9 Å². The van der Waals surface area contributed by atoms with Crippen molar-refractivity contribution in [3.63, 3.8) is 0 Å². The Hall–Kier alpha value is -4.00. The molecule has 0 aliphatic heterocycles. The van der Waals surface area contributed by atoms with E-state index in [1.54, 1.807) is 24.3 Å². The van der Waals surface area contributed by atoms with Crippen molar-refractivity contribution in [3.05, 3.63) is 111 Å². The second-order valence-electron chi connectivity index (χ2n) is 6.73. The Morgan fingerprint density at radius 2 is 1.76 bits per heavy atom. The van der Waals surface area contributed by atoms with Crippen LogP contribution < -0.4 is 4.73 Å². The quantitative estimate of drug-likeness (QED) is 0.177. The van der Waals surface area contributed by atoms with Gasteiger partial charge in [0.25, 0.3) is 11.4 Å². The summed E-state index contributed by atoms with van der Waals surface area (Å²) in [5, 5.41) is 24.0. The van der Waals surface area contributed by atoms with Gasteiger partial charge in [0.15, 0.2) is 6.20 Å². The Kier molecular flexibility index (Phi) is 4.78. The molecule has 0 amide bonds. The van der Waals surface area contributed by atoms with Gasteiger partial charge in [0.1, 0.15) is 0 Å². The third-order valence-corrected chi connectivity index (χ3v) is 5.00. The van der Waals surface area contributed by atoms with Gasteiger partial charge in [0, 0.05) is 53.7 Å². The molecule has 0 saturated carbocycles. The summed E-state index contributed by atoms with van der Waals surface area (Å²) >= 11 is 0. The van der Waals surface area contributed by atoms with Crippen LogP contribution in [0.3, 0.4) is 0 Å². The number of non-ortho nitro benzene ring substituents is 1. The standard InChI is InChI=1S/C22H17N3O4/c26-22(21-7-3-4-12-24(21)27)13-18(15-8-10-16(11-9-15)25(28)29)19-14-23-20-6-2-1-5-17(19)20/h1-12,14,18,23H,13H2/t18-/m1/s1. The van der Waals surface area contributed by atoms with E-state index in [0.29, 0.717) is 4.73 Å². The van der Waals surface area contributed by atoms with Crippen LogP contribution in [0.25, 0.3) is 10.9 Å². The van der Waals surface area contributed by atoms with Crippen LogP contribution >= 0.6 is 0 Å². The monoisotopic (exact) mass is 387 g/mol. The molecule has 144 valence electrons. The number of nitrogens with zero attached hydrogens (tertiary/aromatic N) is 2. The van der Waals surface area contributed by atoms with Crippen molar-refractivity contribution < 1.29 is 14.4 Å². The van der Waals surface area contributed by atoms with Crippen molar-refractivity contribution in [3.8, 4) is 0 Å². The van der Waals surface area contributed by atoms with E-state index in [1.165, 1.54) is 24.4 Å². The normalized spacial score (nSPS) is 12.0. The molecule has 1 N–H and O–H groups in total. The molecule has 0 aliphatic carbocycles. The van der Waals surface area contributed by atoms with Crippen LogP contribution in [0.5, 0.6) is 0 Å². The van der Waals surface area contributed by atoms with Gasteiger partial charge in [-0.25, -0.2) is 0 Å². The maximum absolute atomic E-state index is 12.9. The number of pyridine rings is 1. The van der Waals surface area contributed by atoms with E-state index < -0.39 is 4.92 Å². The van der Waals surface area contributed by atoms with Gasteiger partial charge in [-0.05, 0) is 23.3 Å². The van der Waals surface area contributed by atoms with E-state index in [9.17, 15) is 20.1 Å². The van der Waals surface area contributed by atoms with Crippen molar-refractivity contribution in [2.75, 3.05) is 0 Å². The average Bonchev–Trinajstić information content (AvgIpc) is 3.16. The number of rotatable bonds is 6. The van der Waals surface area contributed by atoms with Crippen LogP contribution in [0, 0.1) is 15.3 Å². The number of nitrogens with one attached hydrogen (secondary N) is 1. The predicted octanol–water partition coefficient (Wildman–Crippen LogP) is 4.11. The highest BCUT2D eigenvalue weighted by Gasteiger charge is 2.25. The second-order valence-corrected chi connectivity index (χ2v) is 6.73. The van der Waals surface area contributed by atoms with Crippen molar-refractivity contribution in [1.82, 2.24) is 4.98 Å². The Morgan fingerprint density at radius 1 is 1.03 bits per heavy atom. The van der Waals surface area contributed by atoms with Crippen LogP contribution in [-0.2, 0) is 0 Å². The lowest BCUT2D eigenvalue weighted by Gasteiger charge is -2.16. The molecule has 0 spiro atoms. The van der Waals surface area contributed by atoms with Crippen molar-refractivity contribution in [2.45, 2.75) is 12.3 Å². The Bertz CT molecular complexity index is 1200. The summed E-state index contributed by atoms with van der Waals surface area (Å²) in [6, 6.07) is 18.6. The molecule has 0 aliphatic rings. The zero-order chi connectivity index (χ0) is 20.4. The Morgan fingerprint density at radius 3 is 2.48 bits per heavy atom. The second kappa shape index (κ2) is 7.55. The van der Waals surface area contributed by atoms with Crippen LogP contribution in [0.15, 0.2) is 79.1 Å². The zero-order valence-corrected chi connectivity index (χ0v) is 15.3. The lowest BCUT2D eigenvalue weighted by molar-refractivity contribution is -0.607. The minimum absolute atomic E-state index is 0.0155. The maximum Gasteiger partial charge on any atom is 0.269 e. The smallest absolute Gasteiger partial charge is 0.269 e. The lowest BCUT2D eigenvalue weighted by atomic mass is 9.86. The number of carbonyl (C=O) groups is 1. The summed E-state index contributed by atoms with van der Waals surface area (Å²) in [4.78, 5) is 26.7. The molecule has 2 heterocycles. The van der Waals surface area contributed by atoms with Crippen LogP contribution in [-0.4, -0.2) is 15.7 Å². The van der Waals surface area contributed by atoms with Gasteiger partial charge in [0.2, 0.25) is 5.78 Å². The van der Waals surface area contributed by atoms with Gasteiger partial charge in [-0.1, -0.05) is 30.3 Å². The van der Waals surface area contributed by atoms with Crippen LogP contribution in [0.1, 0.15) is 34.0 Å². The van der Waals surface area contributed by atoms with Crippen molar-refractivity contribution in [2.24, 2.45) is 0 Å². The average molecular weight is 387 g/mol. The summed E-state index contributed by atoms with van der Waals surface area (Å²) in [6.07, 6.45) is 3.20. The molecule has 0 radical (unpaired) electrons. The highest BCUT2D eigenvalue weighted by molar-refractivity contribution is 5.94. The van der Waals surface area contributed by atoms with Gasteiger partial charge < -0.3 is 10.2 Å². The SMILES string of the molecule is O=C(C[C@H](c1ccc([N+](=O)[O-])cc1)c1c[nH]c2ccccc12)c1cccc[n+]1[O-]. The number of para-hydroxylation sites is 1. The number of hydrogen-bond acceptors (Lipinski definition) is 4. The summed E-state index contributed by atoms with van der Waals surface area (Å²) in [6.45, 7) is 0. The van der Waals surface area contributed by atoms with E-state index in [2.05, 4.69) is 4.98 Å². The topological polar surface area (TPSA) is 103 Å². The largest absolute Gasteiger partial charge is 0.618 e. The number of aromatic nitrogens is 2. The number of nitro groups is 1.